The van der Waals surface area contributed by atoms with Gasteiger partial charge in [0.05, 0.1) is 0 Å². The van der Waals surface area contributed by atoms with Gasteiger partial charge in [-0.25, -0.2) is 0 Å². The molecule has 1 aromatic rings. The molecule has 1 atom stereocenters. The molecular weight excluding hydrogens is 218 g/mol. The molecule has 0 aliphatic heterocycles. The lowest BCUT2D eigenvalue weighted by Gasteiger charge is -2.16. The van der Waals surface area contributed by atoms with Gasteiger partial charge in [0.1, 0.15) is 0 Å². The zero-order valence-electron chi connectivity index (χ0n) is 10.7. The fourth-order valence-electron chi connectivity index (χ4n) is 1.87. The second-order valence-corrected chi connectivity index (χ2v) is 5.41. The fraction of sp³-hybridized carbons (Fsp3) is 0.571. The Morgan fingerprint density at radius 1 is 1.25 bits per heavy atom. The Morgan fingerprint density at radius 2 is 1.94 bits per heavy atom. The topological polar surface area (TPSA) is 12.0 Å². The van der Waals surface area contributed by atoms with Crippen molar-refractivity contribution in [1.29, 1.82) is 0 Å². The number of hydrogen-bond acceptors (Lipinski definition) is 1. The number of halogens is 1. The van der Waals surface area contributed by atoms with Gasteiger partial charge in [0.15, 0.2) is 0 Å². The number of benzene rings is 1. The van der Waals surface area contributed by atoms with Crippen LogP contribution in [0.2, 0.25) is 5.02 Å². The Labute approximate surface area is 104 Å². The van der Waals surface area contributed by atoms with E-state index in [-0.39, 0.29) is 0 Å². The van der Waals surface area contributed by atoms with Crippen LogP contribution >= 0.6 is 11.6 Å². The Bertz CT molecular complexity index is 334. The molecule has 1 rings (SSSR count). The molecule has 0 saturated carbocycles. The van der Waals surface area contributed by atoms with Gasteiger partial charge in [-0.15, -0.1) is 0 Å². The molecule has 0 fully saturated rings. The molecule has 2 heteroatoms. The molecule has 1 N–H and O–H groups in total. The summed E-state index contributed by atoms with van der Waals surface area (Å²) in [7, 11) is 0. The van der Waals surface area contributed by atoms with Crippen molar-refractivity contribution in [3.63, 3.8) is 0 Å². The van der Waals surface area contributed by atoms with Gasteiger partial charge in [-0.1, -0.05) is 37.6 Å². The molecule has 0 amide bonds. The van der Waals surface area contributed by atoms with Crippen molar-refractivity contribution in [2.24, 2.45) is 5.92 Å². The standard InChI is InChI=1S/C14H22ClN/c1-10(2)7-12(4)16-9-13-6-5-11(3)8-14(13)15/h5-6,8,10,12,16H,7,9H2,1-4H3. The van der Waals surface area contributed by atoms with E-state index in [0.717, 1.165) is 17.5 Å². The third kappa shape index (κ3) is 4.54. The normalized spacial score (nSPS) is 13.1. The third-order valence-electron chi connectivity index (χ3n) is 2.67. The van der Waals surface area contributed by atoms with E-state index in [0.29, 0.717) is 6.04 Å². The van der Waals surface area contributed by atoms with E-state index in [4.69, 9.17) is 11.6 Å². The van der Waals surface area contributed by atoms with E-state index < -0.39 is 0 Å². The van der Waals surface area contributed by atoms with Gasteiger partial charge in [-0.05, 0) is 43.4 Å². The first-order valence-electron chi connectivity index (χ1n) is 5.97. The van der Waals surface area contributed by atoms with Crippen molar-refractivity contribution < 1.29 is 0 Å². The lowest BCUT2D eigenvalue weighted by molar-refractivity contribution is 0.441. The lowest BCUT2D eigenvalue weighted by Crippen LogP contribution is -2.26. The molecule has 16 heavy (non-hydrogen) atoms. The van der Waals surface area contributed by atoms with Crippen molar-refractivity contribution in [3.8, 4) is 0 Å². The molecule has 1 nitrogen and oxygen atoms in total. The highest BCUT2D eigenvalue weighted by Gasteiger charge is 2.06. The van der Waals surface area contributed by atoms with E-state index in [1.807, 2.05) is 6.07 Å². The summed E-state index contributed by atoms with van der Waals surface area (Å²) < 4.78 is 0. The molecule has 1 unspecified atom stereocenters. The number of nitrogens with one attached hydrogen (secondary N) is 1. The van der Waals surface area contributed by atoms with Crippen molar-refractivity contribution in [2.75, 3.05) is 0 Å². The zero-order valence-corrected chi connectivity index (χ0v) is 11.4. The summed E-state index contributed by atoms with van der Waals surface area (Å²) in [5.41, 5.74) is 2.40. The number of rotatable bonds is 5. The average molecular weight is 240 g/mol. The summed E-state index contributed by atoms with van der Waals surface area (Å²) >= 11 is 6.18. The smallest absolute Gasteiger partial charge is 0.0453 e. The SMILES string of the molecule is Cc1ccc(CNC(C)CC(C)C)c(Cl)c1. The minimum absolute atomic E-state index is 0.539. The Kier molecular flexibility index (Phi) is 5.30. The molecule has 0 saturated heterocycles. The highest BCUT2D eigenvalue weighted by atomic mass is 35.5. The van der Waals surface area contributed by atoms with Crippen LogP contribution in [0.4, 0.5) is 0 Å². The first-order valence-corrected chi connectivity index (χ1v) is 6.35. The van der Waals surface area contributed by atoms with Gasteiger partial charge < -0.3 is 5.32 Å². The monoisotopic (exact) mass is 239 g/mol. The molecular formula is C14H22ClN. The largest absolute Gasteiger partial charge is 0.310 e. The predicted octanol–water partition coefficient (Wildman–Crippen LogP) is 4.17. The van der Waals surface area contributed by atoms with Crippen LogP contribution in [0.5, 0.6) is 0 Å². The molecule has 0 radical (unpaired) electrons. The van der Waals surface area contributed by atoms with E-state index in [9.17, 15) is 0 Å². The van der Waals surface area contributed by atoms with Gasteiger partial charge in [0.25, 0.3) is 0 Å². The summed E-state index contributed by atoms with van der Waals surface area (Å²) in [6, 6.07) is 6.77. The van der Waals surface area contributed by atoms with E-state index in [2.05, 4.69) is 45.1 Å². The first-order chi connectivity index (χ1) is 7.49. The van der Waals surface area contributed by atoms with Crippen LogP contribution in [0.3, 0.4) is 0 Å². The van der Waals surface area contributed by atoms with Crippen LogP contribution < -0.4 is 5.32 Å². The van der Waals surface area contributed by atoms with Gasteiger partial charge in [0, 0.05) is 17.6 Å². The molecule has 0 spiro atoms. The van der Waals surface area contributed by atoms with Crippen molar-refractivity contribution >= 4 is 11.6 Å². The predicted molar refractivity (Wildman–Crippen MR) is 71.9 cm³/mol. The van der Waals surface area contributed by atoms with E-state index >= 15 is 0 Å². The molecule has 0 aliphatic carbocycles. The summed E-state index contributed by atoms with van der Waals surface area (Å²) in [5, 5.41) is 4.37. The summed E-state index contributed by atoms with van der Waals surface area (Å²) in [6.45, 7) is 9.63. The maximum atomic E-state index is 6.18. The van der Waals surface area contributed by atoms with Crippen LogP contribution in [0.25, 0.3) is 0 Å². The Balaban J connectivity index is 2.48. The third-order valence-corrected chi connectivity index (χ3v) is 3.03. The highest BCUT2D eigenvalue weighted by Crippen LogP contribution is 2.17. The molecule has 0 heterocycles. The summed E-state index contributed by atoms with van der Waals surface area (Å²) in [6.07, 6.45) is 1.20. The Morgan fingerprint density at radius 3 is 2.50 bits per heavy atom. The lowest BCUT2D eigenvalue weighted by atomic mass is 10.0. The Hall–Kier alpha value is -0.530. The van der Waals surface area contributed by atoms with Crippen LogP contribution in [-0.2, 0) is 6.54 Å². The van der Waals surface area contributed by atoms with Crippen LogP contribution in [0.15, 0.2) is 18.2 Å². The van der Waals surface area contributed by atoms with Gasteiger partial charge >= 0.3 is 0 Å². The number of hydrogen-bond donors (Lipinski definition) is 1. The average Bonchev–Trinajstić information content (AvgIpc) is 2.15. The minimum Gasteiger partial charge on any atom is -0.310 e. The molecule has 0 aliphatic rings. The van der Waals surface area contributed by atoms with Gasteiger partial charge in [-0.2, -0.15) is 0 Å². The molecule has 1 aromatic carbocycles. The zero-order chi connectivity index (χ0) is 12.1. The maximum absolute atomic E-state index is 6.18. The summed E-state index contributed by atoms with van der Waals surface area (Å²) in [5.74, 6) is 0.732. The van der Waals surface area contributed by atoms with Crippen molar-refractivity contribution in [2.45, 2.75) is 46.7 Å². The maximum Gasteiger partial charge on any atom is 0.0453 e. The highest BCUT2D eigenvalue weighted by molar-refractivity contribution is 6.31. The van der Waals surface area contributed by atoms with Gasteiger partial charge in [-0.3, -0.25) is 0 Å². The van der Waals surface area contributed by atoms with Crippen LogP contribution in [-0.4, -0.2) is 6.04 Å². The summed E-state index contributed by atoms with van der Waals surface area (Å²) in [4.78, 5) is 0. The molecule has 0 aromatic heterocycles. The van der Waals surface area contributed by atoms with Crippen molar-refractivity contribution in [1.82, 2.24) is 5.32 Å². The number of aryl methyl sites for hydroxylation is 1. The van der Waals surface area contributed by atoms with Crippen molar-refractivity contribution in [3.05, 3.63) is 34.3 Å². The minimum atomic E-state index is 0.539. The van der Waals surface area contributed by atoms with Crippen LogP contribution in [0.1, 0.15) is 38.3 Å². The second-order valence-electron chi connectivity index (χ2n) is 5.01. The molecule has 0 bridgehead atoms. The van der Waals surface area contributed by atoms with Gasteiger partial charge in [0.2, 0.25) is 0 Å². The van der Waals surface area contributed by atoms with E-state index in [1.165, 1.54) is 17.5 Å². The quantitative estimate of drug-likeness (QED) is 0.813. The van der Waals surface area contributed by atoms with E-state index in [1.54, 1.807) is 0 Å². The first kappa shape index (κ1) is 13.5. The van der Waals surface area contributed by atoms with Crippen LogP contribution in [0, 0.1) is 12.8 Å². The fourth-order valence-corrected chi connectivity index (χ4v) is 2.17. The molecule has 90 valence electrons. The second kappa shape index (κ2) is 6.27.